The number of carbonyl (C=O) groups is 1. The van der Waals surface area contributed by atoms with Crippen molar-refractivity contribution in [3.8, 4) is 0 Å². The first kappa shape index (κ1) is 16.5. The summed E-state index contributed by atoms with van der Waals surface area (Å²) in [5.41, 5.74) is 3.48. The van der Waals surface area contributed by atoms with Gasteiger partial charge in [0.05, 0.1) is 11.9 Å². The highest BCUT2D eigenvalue weighted by atomic mass is 32.2. The van der Waals surface area contributed by atoms with E-state index in [-0.39, 0.29) is 11.6 Å². The van der Waals surface area contributed by atoms with Crippen molar-refractivity contribution in [2.45, 2.75) is 23.9 Å². The molecule has 1 amide bonds. The number of hydrogen-bond donors (Lipinski definition) is 1. The van der Waals surface area contributed by atoms with E-state index in [0.29, 0.717) is 5.13 Å². The summed E-state index contributed by atoms with van der Waals surface area (Å²) in [6, 6.07) is 8.37. The molecule has 6 nitrogen and oxygen atoms in total. The second-order valence-corrected chi connectivity index (χ2v) is 7.34. The Bertz CT molecular complexity index is 830. The van der Waals surface area contributed by atoms with Crippen LogP contribution in [0.1, 0.15) is 27.3 Å². The summed E-state index contributed by atoms with van der Waals surface area (Å²) in [4.78, 5) is 20.2. The Kier molecular flexibility index (Phi) is 5.17. The van der Waals surface area contributed by atoms with E-state index >= 15 is 0 Å². The lowest BCUT2D eigenvalue weighted by atomic mass is 10.2. The summed E-state index contributed by atoms with van der Waals surface area (Å²) >= 11 is 2.93. The monoisotopic (exact) mass is 357 g/mol. The molecule has 8 heteroatoms. The molecule has 3 rings (SSSR count). The Hall–Kier alpha value is -2.32. The fourth-order valence-corrected chi connectivity index (χ4v) is 3.52. The molecule has 0 bridgehead atoms. The third kappa shape index (κ3) is 4.36. The predicted octanol–water partition coefficient (Wildman–Crippen LogP) is 3.49. The van der Waals surface area contributed by atoms with Gasteiger partial charge in [0.15, 0.2) is 4.34 Å². The van der Waals surface area contributed by atoms with Crippen LogP contribution in [0, 0.1) is 13.8 Å². The number of aromatic nitrogens is 4. The number of nitrogens with zero attached hydrogens (tertiary/aromatic N) is 4. The van der Waals surface area contributed by atoms with E-state index in [0.717, 1.165) is 15.8 Å². The van der Waals surface area contributed by atoms with Gasteiger partial charge in [-0.25, -0.2) is 4.98 Å². The van der Waals surface area contributed by atoms with Crippen molar-refractivity contribution in [2.24, 2.45) is 0 Å². The van der Waals surface area contributed by atoms with Crippen molar-refractivity contribution in [1.82, 2.24) is 20.2 Å². The zero-order valence-corrected chi connectivity index (χ0v) is 14.8. The van der Waals surface area contributed by atoms with Crippen molar-refractivity contribution < 1.29 is 4.79 Å². The van der Waals surface area contributed by atoms with Crippen molar-refractivity contribution >= 4 is 34.1 Å². The molecule has 2 aromatic heterocycles. The fourth-order valence-electron chi connectivity index (χ4n) is 1.82. The van der Waals surface area contributed by atoms with Crippen LogP contribution in [0.3, 0.4) is 0 Å². The second-order valence-electron chi connectivity index (χ2n) is 5.14. The third-order valence-corrected chi connectivity index (χ3v) is 5.17. The number of hydrogen-bond acceptors (Lipinski definition) is 7. The summed E-state index contributed by atoms with van der Waals surface area (Å²) in [6.45, 7) is 3.88. The smallest absolute Gasteiger partial charge is 0.277 e. The van der Waals surface area contributed by atoms with Gasteiger partial charge in [-0.1, -0.05) is 52.9 Å². The maximum Gasteiger partial charge on any atom is 0.277 e. The van der Waals surface area contributed by atoms with Crippen molar-refractivity contribution in [1.29, 1.82) is 0 Å². The molecular weight excluding hydrogens is 342 g/mol. The van der Waals surface area contributed by atoms with Gasteiger partial charge in [-0.3, -0.25) is 15.1 Å². The maximum atomic E-state index is 12.1. The maximum absolute atomic E-state index is 12.1. The molecule has 2 heterocycles. The van der Waals surface area contributed by atoms with E-state index in [4.69, 9.17) is 0 Å². The van der Waals surface area contributed by atoms with E-state index in [1.165, 1.54) is 28.7 Å². The average Bonchev–Trinajstić information content (AvgIpc) is 3.02. The van der Waals surface area contributed by atoms with Crippen LogP contribution in [0.25, 0.3) is 0 Å². The van der Waals surface area contributed by atoms with E-state index in [1.807, 2.05) is 6.92 Å². The lowest BCUT2D eigenvalue weighted by molar-refractivity contribution is 0.102. The van der Waals surface area contributed by atoms with E-state index in [1.54, 1.807) is 18.0 Å². The van der Waals surface area contributed by atoms with E-state index in [2.05, 4.69) is 56.7 Å². The van der Waals surface area contributed by atoms with Gasteiger partial charge < -0.3 is 0 Å². The molecule has 0 atom stereocenters. The number of carbonyl (C=O) groups excluding carboxylic acids is 1. The summed E-state index contributed by atoms with van der Waals surface area (Å²) in [7, 11) is 0. The number of nitrogens with one attached hydrogen (secondary N) is 1. The molecule has 3 aromatic rings. The van der Waals surface area contributed by atoms with Crippen LogP contribution in [0.15, 0.2) is 41.0 Å². The van der Waals surface area contributed by atoms with E-state index < -0.39 is 0 Å². The van der Waals surface area contributed by atoms with Crippen LogP contribution in [0.2, 0.25) is 0 Å². The summed E-state index contributed by atoms with van der Waals surface area (Å²) in [5.74, 6) is 0.473. The molecule has 0 fully saturated rings. The Labute approximate surface area is 147 Å². The summed E-state index contributed by atoms with van der Waals surface area (Å²) in [6.07, 6.45) is 3.00. The number of anilines is 1. The minimum atomic E-state index is -0.339. The Morgan fingerprint density at radius 1 is 1.12 bits per heavy atom. The number of rotatable bonds is 5. The van der Waals surface area contributed by atoms with Gasteiger partial charge in [-0.15, -0.1) is 10.2 Å². The Balaban J connectivity index is 1.58. The average molecular weight is 357 g/mol. The number of benzene rings is 1. The standard InChI is InChI=1S/C16H15N5OS2/c1-10-3-5-12(6-4-10)9-23-16-21-20-15(24-16)19-14(22)13-8-17-11(2)7-18-13/h3-8H,9H2,1-2H3,(H,19,20,22). The molecule has 1 N–H and O–H groups in total. The third-order valence-electron chi connectivity index (χ3n) is 3.12. The topological polar surface area (TPSA) is 80.7 Å². The van der Waals surface area contributed by atoms with Crippen LogP contribution >= 0.6 is 23.1 Å². The molecule has 0 saturated heterocycles. The lowest BCUT2D eigenvalue weighted by Crippen LogP contribution is -2.13. The van der Waals surface area contributed by atoms with Gasteiger partial charge in [0.2, 0.25) is 5.13 Å². The van der Waals surface area contributed by atoms with Crippen molar-refractivity contribution in [3.63, 3.8) is 0 Å². The minimum Gasteiger partial charge on any atom is -0.295 e. The zero-order chi connectivity index (χ0) is 16.9. The fraction of sp³-hybridized carbons (Fsp3) is 0.188. The largest absolute Gasteiger partial charge is 0.295 e. The molecule has 0 aliphatic carbocycles. The van der Waals surface area contributed by atoms with Crippen LogP contribution in [-0.4, -0.2) is 26.1 Å². The molecule has 0 spiro atoms. The van der Waals surface area contributed by atoms with Gasteiger partial charge in [0.1, 0.15) is 5.69 Å². The van der Waals surface area contributed by atoms with Gasteiger partial charge in [0, 0.05) is 11.9 Å². The first-order chi connectivity index (χ1) is 11.6. The highest BCUT2D eigenvalue weighted by molar-refractivity contribution is 8.00. The molecule has 122 valence electrons. The summed E-state index contributed by atoms with van der Waals surface area (Å²) in [5, 5.41) is 11.2. The molecule has 24 heavy (non-hydrogen) atoms. The van der Waals surface area contributed by atoms with Crippen molar-refractivity contribution in [3.05, 3.63) is 59.2 Å². The quantitative estimate of drug-likeness (QED) is 0.556. The number of thioether (sulfide) groups is 1. The van der Waals surface area contributed by atoms with Crippen LogP contribution in [0.4, 0.5) is 5.13 Å². The second kappa shape index (κ2) is 7.50. The first-order valence-electron chi connectivity index (χ1n) is 7.22. The Morgan fingerprint density at radius 3 is 2.62 bits per heavy atom. The molecule has 0 aliphatic heterocycles. The highest BCUT2D eigenvalue weighted by Crippen LogP contribution is 2.28. The van der Waals surface area contributed by atoms with Crippen LogP contribution in [-0.2, 0) is 5.75 Å². The molecule has 0 unspecified atom stereocenters. The van der Waals surface area contributed by atoms with Gasteiger partial charge in [-0.2, -0.15) is 0 Å². The van der Waals surface area contributed by atoms with Crippen molar-refractivity contribution in [2.75, 3.05) is 5.32 Å². The van der Waals surface area contributed by atoms with Gasteiger partial charge in [0.25, 0.3) is 5.91 Å². The molecule has 0 radical (unpaired) electrons. The van der Waals surface area contributed by atoms with Gasteiger partial charge >= 0.3 is 0 Å². The Morgan fingerprint density at radius 2 is 1.92 bits per heavy atom. The minimum absolute atomic E-state index is 0.254. The molecular formula is C16H15N5OS2. The van der Waals surface area contributed by atoms with Crippen LogP contribution in [0.5, 0.6) is 0 Å². The normalized spacial score (nSPS) is 10.6. The SMILES string of the molecule is Cc1ccc(CSc2nnc(NC(=O)c3cnc(C)cn3)s2)cc1. The van der Waals surface area contributed by atoms with E-state index in [9.17, 15) is 4.79 Å². The predicted molar refractivity (Wildman–Crippen MR) is 95.4 cm³/mol. The van der Waals surface area contributed by atoms with Gasteiger partial charge in [-0.05, 0) is 19.4 Å². The zero-order valence-electron chi connectivity index (χ0n) is 13.2. The number of aryl methyl sites for hydroxylation is 2. The molecule has 0 saturated carbocycles. The molecule has 0 aliphatic rings. The molecule has 1 aromatic carbocycles. The first-order valence-corrected chi connectivity index (χ1v) is 9.02. The summed E-state index contributed by atoms with van der Waals surface area (Å²) < 4.78 is 0.806. The lowest BCUT2D eigenvalue weighted by Gasteiger charge is -2.00. The highest BCUT2D eigenvalue weighted by Gasteiger charge is 2.12. The van der Waals surface area contributed by atoms with Crippen LogP contribution < -0.4 is 5.32 Å². The number of amides is 1.